The summed E-state index contributed by atoms with van der Waals surface area (Å²) >= 11 is 0. The van der Waals surface area contributed by atoms with Gasteiger partial charge in [-0.3, -0.25) is 4.79 Å². The molecule has 1 aliphatic heterocycles. The quantitative estimate of drug-likeness (QED) is 0.651. The first kappa shape index (κ1) is 22.6. The second kappa shape index (κ2) is 9.53. The van der Waals surface area contributed by atoms with Crippen LogP contribution in [0, 0.1) is 0 Å². The van der Waals surface area contributed by atoms with Crippen LogP contribution in [0.1, 0.15) is 49.7 Å². The summed E-state index contributed by atoms with van der Waals surface area (Å²) in [6.45, 7) is 3.91. The molecule has 2 atom stereocenters. The molecule has 1 heterocycles. The van der Waals surface area contributed by atoms with Gasteiger partial charge in [0, 0.05) is 35.2 Å². The number of methoxy groups -OCH3 is 2. The molecule has 2 aliphatic rings. The summed E-state index contributed by atoms with van der Waals surface area (Å²) in [5.74, 6) is 0.614. The van der Waals surface area contributed by atoms with E-state index in [1.54, 1.807) is 21.1 Å². The molecule has 0 saturated carbocycles. The summed E-state index contributed by atoms with van der Waals surface area (Å²) in [6, 6.07) is 15.3. The summed E-state index contributed by atoms with van der Waals surface area (Å²) in [4.78, 5) is 26.6. The number of para-hydroxylation sites is 1. The number of benzene rings is 2. The van der Waals surface area contributed by atoms with Gasteiger partial charge in [-0.15, -0.1) is 0 Å². The third-order valence-electron chi connectivity index (χ3n) is 6.35. The number of dihydropyridines is 1. The van der Waals surface area contributed by atoms with Crippen LogP contribution in [0.15, 0.2) is 71.1 Å². The lowest BCUT2D eigenvalue weighted by Crippen LogP contribution is -2.36. The second-order valence-electron chi connectivity index (χ2n) is 8.25. The summed E-state index contributed by atoms with van der Waals surface area (Å²) in [6.07, 6.45) is 1.00. The fraction of sp³-hybridized carbons (Fsp3) is 0.333. The SMILES string of the molecule is CCOC(=O)C1=C(C)NC2=C(C(=O)CC(c3ccccc3OC)C2)C1c1ccc(OC)cc1. The zero-order chi connectivity index (χ0) is 23.5. The molecule has 1 aliphatic carbocycles. The van der Waals surface area contributed by atoms with Crippen LogP contribution >= 0.6 is 0 Å². The van der Waals surface area contributed by atoms with Crippen molar-refractivity contribution in [2.24, 2.45) is 0 Å². The van der Waals surface area contributed by atoms with Gasteiger partial charge < -0.3 is 19.5 Å². The molecule has 1 N–H and O–H groups in total. The molecule has 0 radical (unpaired) electrons. The summed E-state index contributed by atoms with van der Waals surface area (Å²) < 4.78 is 16.2. The van der Waals surface area contributed by atoms with Gasteiger partial charge in [0.05, 0.1) is 26.4 Å². The number of rotatable bonds is 6. The van der Waals surface area contributed by atoms with Crippen molar-refractivity contribution in [3.63, 3.8) is 0 Å². The molecule has 6 heteroatoms. The summed E-state index contributed by atoms with van der Waals surface area (Å²) in [7, 11) is 3.25. The van der Waals surface area contributed by atoms with Gasteiger partial charge in [0.2, 0.25) is 0 Å². The van der Waals surface area contributed by atoms with Crippen LogP contribution in [0.3, 0.4) is 0 Å². The van der Waals surface area contributed by atoms with E-state index in [-0.39, 0.29) is 18.3 Å². The third kappa shape index (κ3) is 4.25. The Morgan fingerprint density at radius 1 is 1.03 bits per heavy atom. The maximum Gasteiger partial charge on any atom is 0.336 e. The van der Waals surface area contributed by atoms with Crippen molar-refractivity contribution < 1.29 is 23.8 Å². The Bertz CT molecular complexity index is 1130. The third-order valence-corrected chi connectivity index (χ3v) is 6.35. The lowest BCUT2D eigenvalue weighted by Gasteiger charge is -2.37. The first-order valence-electron chi connectivity index (χ1n) is 11.2. The smallest absolute Gasteiger partial charge is 0.336 e. The van der Waals surface area contributed by atoms with Gasteiger partial charge in [-0.1, -0.05) is 30.3 Å². The average Bonchev–Trinajstić information content (AvgIpc) is 2.83. The van der Waals surface area contributed by atoms with E-state index in [9.17, 15) is 9.59 Å². The molecule has 0 aromatic heterocycles. The maximum absolute atomic E-state index is 13.6. The molecule has 0 fully saturated rings. The Balaban J connectivity index is 1.80. The number of allylic oxidation sites excluding steroid dienone is 3. The molecule has 6 nitrogen and oxygen atoms in total. The van der Waals surface area contributed by atoms with Crippen LogP contribution in [0.2, 0.25) is 0 Å². The number of carbonyl (C=O) groups is 2. The van der Waals surface area contributed by atoms with E-state index in [0.29, 0.717) is 35.4 Å². The van der Waals surface area contributed by atoms with Gasteiger partial charge in [-0.05, 0) is 49.6 Å². The Morgan fingerprint density at radius 3 is 2.42 bits per heavy atom. The largest absolute Gasteiger partial charge is 0.497 e. The van der Waals surface area contributed by atoms with Crippen molar-refractivity contribution >= 4 is 11.8 Å². The molecule has 0 amide bonds. The normalized spacial score (nSPS) is 20.2. The van der Waals surface area contributed by atoms with Crippen LogP contribution in [-0.2, 0) is 14.3 Å². The number of ether oxygens (including phenoxy) is 3. The predicted molar refractivity (Wildman–Crippen MR) is 125 cm³/mol. The Kier molecular flexibility index (Phi) is 6.54. The lowest BCUT2D eigenvalue weighted by atomic mass is 9.71. The minimum absolute atomic E-state index is 0.00615. The average molecular weight is 448 g/mol. The van der Waals surface area contributed by atoms with Crippen LogP contribution in [0.5, 0.6) is 11.5 Å². The minimum Gasteiger partial charge on any atom is -0.497 e. The van der Waals surface area contributed by atoms with Gasteiger partial charge in [0.25, 0.3) is 0 Å². The fourth-order valence-corrected chi connectivity index (χ4v) is 4.87. The van der Waals surface area contributed by atoms with Gasteiger partial charge in [0.15, 0.2) is 5.78 Å². The fourth-order valence-electron chi connectivity index (χ4n) is 4.87. The molecule has 0 saturated heterocycles. The second-order valence-corrected chi connectivity index (χ2v) is 8.25. The molecule has 33 heavy (non-hydrogen) atoms. The molecular weight excluding hydrogens is 418 g/mol. The van der Waals surface area contributed by atoms with Gasteiger partial charge >= 0.3 is 5.97 Å². The predicted octanol–water partition coefficient (Wildman–Crippen LogP) is 4.63. The number of carbonyl (C=O) groups excluding carboxylic acids is 2. The molecule has 2 unspecified atom stereocenters. The summed E-state index contributed by atoms with van der Waals surface area (Å²) in [5, 5.41) is 3.37. The highest BCUT2D eigenvalue weighted by Gasteiger charge is 2.41. The Hall–Kier alpha value is -3.54. The molecule has 172 valence electrons. The van der Waals surface area contributed by atoms with E-state index < -0.39 is 11.9 Å². The van der Waals surface area contributed by atoms with Crippen molar-refractivity contribution in [1.29, 1.82) is 0 Å². The molecule has 4 rings (SSSR count). The number of esters is 1. The minimum atomic E-state index is -0.489. The van der Waals surface area contributed by atoms with Crippen LogP contribution < -0.4 is 14.8 Å². The molecule has 0 spiro atoms. The van der Waals surface area contributed by atoms with Crippen molar-refractivity contribution in [3.8, 4) is 11.5 Å². The molecule has 2 aromatic rings. The highest BCUT2D eigenvalue weighted by atomic mass is 16.5. The summed E-state index contributed by atoms with van der Waals surface area (Å²) in [5.41, 5.74) is 4.55. The number of hydrogen-bond acceptors (Lipinski definition) is 6. The van der Waals surface area contributed by atoms with Crippen LogP contribution in [-0.4, -0.2) is 32.6 Å². The Labute approximate surface area is 194 Å². The van der Waals surface area contributed by atoms with E-state index in [4.69, 9.17) is 14.2 Å². The van der Waals surface area contributed by atoms with Crippen LogP contribution in [0.4, 0.5) is 0 Å². The first-order chi connectivity index (χ1) is 16.0. The number of ketones is 1. The van der Waals surface area contributed by atoms with Gasteiger partial charge in [-0.25, -0.2) is 4.79 Å². The van der Waals surface area contributed by atoms with E-state index in [2.05, 4.69) is 5.32 Å². The first-order valence-corrected chi connectivity index (χ1v) is 11.2. The van der Waals surface area contributed by atoms with E-state index in [1.165, 1.54) is 0 Å². The zero-order valence-electron chi connectivity index (χ0n) is 19.4. The monoisotopic (exact) mass is 447 g/mol. The van der Waals surface area contributed by atoms with Crippen molar-refractivity contribution in [2.75, 3.05) is 20.8 Å². The molecule has 0 bridgehead atoms. The zero-order valence-corrected chi connectivity index (χ0v) is 19.4. The van der Waals surface area contributed by atoms with E-state index >= 15 is 0 Å². The van der Waals surface area contributed by atoms with Crippen LogP contribution in [0.25, 0.3) is 0 Å². The highest BCUT2D eigenvalue weighted by molar-refractivity contribution is 6.04. The van der Waals surface area contributed by atoms with Gasteiger partial charge in [0.1, 0.15) is 11.5 Å². The van der Waals surface area contributed by atoms with Gasteiger partial charge in [-0.2, -0.15) is 0 Å². The maximum atomic E-state index is 13.6. The van der Waals surface area contributed by atoms with Crippen molar-refractivity contribution in [1.82, 2.24) is 5.32 Å². The molecular formula is C27H29NO5. The number of Topliss-reactive ketones (excluding diaryl/α,β-unsaturated/α-hetero) is 1. The van der Waals surface area contributed by atoms with Crippen molar-refractivity contribution in [2.45, 2.75) is 38.5 Å². The standard InChI is InChI=1S/C27H29NO5/c1-5-33-27(30)24-16(2)28-21-14-18(20-8-6-7-9-23(20)32-4)15-22(29)26(21)25(24)17-10-12-19(31-3)13-11-17/h6-13,18,25,28H,5,14-15H2,1-4H3. The number of nitrogens with one attached hydrogen (secondary N) is 1. The Morgan fingerprint density at radius 2 is 1.76 bits per heavy atom. The van der Waals surface area contributed by atoms with E-state index in [1.807, 2.05) is 55.5 Å². The molecule has 2 aromatic carbocycles. The van der Waals surface area contributed by atoms with Crippen molar-refractivity contribution in [3.05, 3.63) is 82.2 Å². The van der Waals surface area contributed by atoms with E-state index in [0.717, 1.165) is 22.6 Å². The number of hydrogen-bond donors (Lipinski definition) is 1. The lowest BCUT2D eigenvalue weighted by molar-refractivity contribution is -0.138. The topological polar surface area (TPSA) is 73.9 Å². The highest BCUT2D eigenvalue weighted by Crippen LogP contribution is 2.47.